The lowest BCUT2D eigenvalue weighted by Gasteiger charge is -2.15. The molecule has 1 aliphatic carbocycles. The maximum atomic E-state index is 12.2. The molecular formula is C12H12Br2N2O2S. The van der Waals surface area contributed by atoms with Crippen LogP contribution in [0.3, 0.4) is 0 Å². The van der Waals surface area contributed by atoms with E-state index in [1.807, 2.05) is 6.07 Å². The molecule has 1 aromatic rings. The number of nitrogens with one attached hydrogen (secondary N) is 1. The van der Waals surface area contributed by atoms with Gasteiger partial charge in [-0.1, -0.05) is 12.2 Å². The van der Waals surface area contributed by atoms with Gasteiger partial charge in [0.15, 0.2) is 0 Å². The summed E-state index contributed by atoms with van der Waals surface area (Å²) in [6, 6.07) is 3.55. The summed E-state index contributed by atoms with van der Waals surface area (Å²) in [6.07, 6.45) is 1.42. The standard InChI is InChI=1S/C12H12Br2N2O2S/c1-18-9-5-8(6(13)4-7(9)14)16-11(17)12(2-3-12)10(15)19/h4-5H,2-3H2,1H3,(H2,15,19)(H,16,17). The summed E-state index contributed by atoms with van der Waals surface area (Å²) < 4.78 is 6.76. The van der Waals surface area contributed by atoms with Gasteiger partial charge in [0.1, 0.15) is 5.75 Å². The third kappa shape index (κ3) is 2.78. The topological polar surface area (TPSA) is 64.3 Å². The van der Waals surface area contributed by atoms with Crippen LogP contribution in [0.15, 0.2) is 21.1 Å². The maximum absolute atomic E-state index is 12.2. The summed E-state index contributed by atoms with van der Waals surface area (Å²) in [4.78, 5) is 12.5. The maximum Gasteiger partial charge on any atom is 0.237 e. The van der Waals surface area contributed by atoms with E-state index in [2.05, 4.69) is 37.2 Å². The van der Waals surface area contributed by atoms with Crippen LogP contribution in [0.4, 0.5) is 5.69 Å². The van der Waals surface area contributed by atoms with Gasteiger partial charge in [-0.15, -0.1) is 0 Å². The van der Waals surface area contributed by atoms with Gasteiger partial charge in [0.05, 0.1) is 27.7 Å². The highest BCUT2D eigenvalue weighted by Crippen LogP contribution is 2.47. The molecule has 0 bridgehead atoms. The van der Waals surface area contributed by atoms with Crippen LogP contribution in [-0.4, -0.2) is 18.0 Å². The predicted molar refractivity (Wildman–Crippen MR) is 85.5 cm³/mol. The number of halogens is 2. The van der Waals surface area contributed by atoms with Crippen molar-refractivity contribution in [3.05, 3.63) is 21.1 Å². The number of thiocarbonyl (C=S) groups is 1. The fourth-order valence-corrected chi connectivity index (χ4v) is 3.29. The van der Waals surface area contributed by atoms with E-state index in [1.54, 1.807) is 13.2 Å². The molecule has 1 fully saturated rings. The molecule has 0 radical (unpaired) electrons. The van der Waals surface area contributed by atoms with Gasteiger partial charge in [-0.25, -0.2) is 0 Å². The molecule has 7 heteroatoms. The summed E-state index contributed by atoms with van der Waals surface area (Å²) in [5, 5.41) is 2.84. The SMILES string of the molecule is COc1cc(NC(=O)C2(C(N)=S)CC2)c(Br)cc1Br. The molecule has 0 atom stereocenters. The zero-order valence-electron chi connectivity index (χ0n) is 10.1. The van der Waals surface area contributed by atoms with Gasteiger partial charge >= 0.3 is 0 Å². The minimum atomic E-state index is -0.672. The molecule has 0 saturated heterocycles. The summed E-state index contributed by atoms with van der Waals surface area (Å²) in [6.45, 7) is 0. The molecule has 1 amide bonds. The average Bonchev–Trinajstić information content (AvgIpc) is 3.13. The van der Waals surface area contributed by atoms with E-state index in [9.17, 15) is 4.79 Å². The quantitative estimate of drug-likeness (QED) is 0.752. The second-order valence-electron chi connectivity index (χ2n) is 4.37. The fourth-order valence-electron chi connectivity index (χ4n) is 1.73. The van der Waals surface area contributed by atoms with Crippen LogP contribution in [-0.2, 0) is 4.79 Å². The smallest absolute Gasteiger partial charge is 0.237 e. The van der Waals surface area contributed by atoms with Crippen molar-refractivity contribution in [3.63, 3.8) is 0 Å². The zero-order chi connectivity index (χ0) is 14.2. The number of amides is 1. The first-order valence-corrected chi connectivity index (χ1v) is 7.54. The number of ether oxygens (including phenoxy) is 1. The molecule has 0 spiro atoms. The second-order valence-corrected chi connectivity index (χ2v) is 6.52. The number of hydrogen-bond donors (Lipinski definition) is 2. The Kier molecular flexibility index (Phi) is 4.17. The molecule has 4 nitrogen and oxygen atoms in total. The molecule has 3 N–H and O–H groups in total. The van der Waals surface area contributed by atoms with Gasteiger partial charge < -0.3 is 15.8 Å². The summed E-state index contributed by atoms with van der Waals surface area (Å²) in [5.41, 5.74) is 5.59. The molecule has 0 aliphatic heterocycles. The van der Waals surface area contributed by atoms with Crippen molar-refractivity contribution in [2.45, 2.75) is 12.8 Å². The lowest BCUT2D eigenvalue weighted by molar-refractivity contribution is -0.118. The van der Waals surface area contributed by atoms with E-state index in [4.69, 9.17) is 22.7 Å². The Bertz CT molecular complexity index is 559. The largest absolute Gasteiger partial charge is 0.495 e. The number of carbonyl (C=O) groups excluding carboxylic acids is 1. The van der Waals surface area contributed by atoms with E-state index < -0.39 is 5.41 Å². The highest BCUT2D eigenvalue weighted by molar-refractivity contribution is 9.11. The minimum Gasteiger partial charge on any atom is -0.495 e. The van der Waals surface area contributed by atoms with Crippen molar-refractivity contribution in [2.24, 2.45) is 11.1 Å². The lowest BCUT2D eigenvalue weighted by Crippen LogP contribution is -2.35. The van der Waals surface area contributed by atoms with Crippen molar-refractivity contribution in [1.29, 1.82) is 0 Å². The molecule has 1 aliphatic rings. The molecule has 19 heavy (non-hydrogen) atoms. The number of hydrogen-bond acceptors (Lipinski definition) is 3. The number of carbonyl (C=O) groups is 1. The molecular weight excluding hydrogens is 396 g/mol. The third-order valence-electron chi connectivity index (χ3n) is 3.15. The van der Waals surface area contributed by atoms with Crippen molar-refractivity contribution >= 4 is 60.7 Å². The van der Waals surface area contributed by atoms with Crippen LogP contribution in [0.5, 0.6) is 5.75 Å². The molecule has 102 valence electrons. The first kappa shape index (κ1) is 14.7. The minimum absolute atomic E-state index is 0.162. The Balaban J connectivity index is 2.24. The van der Waals surface area contributed by atoms with Gasteiger partial charge in [-0.3, -0.25) is 4.79 Å². The molecule has 2 rings (SSSR count). The van der Waals surface area contributed by atoms with Gasteiger partial charge in [0.2, 0.25) is 5.91 Å². The van der Waals surface area contributed by atoms with E-state index in [0.29, 0.717) is 24.3 Å². The van der Waals surface area contributed by atoms with Crippen LogP contribution < -0.4 is 15.8 Å². The lowest BCUT2D eigenvalue weighted by atomic mass is 10.1. The van der Waals surface area contributed by atoms with Gasteiger partial charge in [0.25, 0.3) is 0 Å². The van der Waals surface area contributed by atoms with E-state index in [0.717, 1.165) is 8.95 Å². The van der Waals surface area contributed by atoms with E-state index >= 15 is 0 Å². The van der Waals surface area contributed by atoms with Crippen molar-refractivity contribution in [3.8, 4) is 5.75 Å². The monoisotopic (exact) mass is 406 g/mol. The first-order chi connectivity index (χ1) is 8.90. The summed E-state index contributed by atoms with van der Waals surface area (Å²) in [7, 11) is 1.57. The second kappa shape index (κ2) is 5.38. The van der Waals surface area contributed by atoms with E-state index in [-0.39, 0.29) is 10.9 Å². The number of rotatable bonds is 4. The van der Waals surface area contributed by atoms with Crippen LogP contribution in [0.1, 0.15) is 12.8 Å². The van der Waals surface area contributed by atoms with Crippen molar-refractivity contribution in [1.82, 2.24) is 0 Å². The number of benzene rings is 1. The number of nitrogens with two attached hydrogens (primary N) is 1. The highest BCUT2D eigenvalue weighted by Gasteiger charge is 2.52. The predicted octanol–water partition coefficient (Wildman–Crippen LogP) is 3.23. The van der Waals surface area contributed by atoms with Crippen LogP contribution in [0.25, 0.3) is 0 Å². The molecule has 1 saturated carbocycles. The Morgan fingerprint density at radius 2 is 2.05 bits per heavy atom. The van der Waals surface area contributed by atoms with Gasteiger partial charge in [-0.05, 0) is 50.8 Å². The number of methoxy groups -OCH3 is 1. The Morgan fingerprint density at radius 3 is 2.53 bits per heavy atom. The molecule has 0 heterocycles. The fraction of sp³-hybridized carbons (Fsp3) is 0.333. The molecule has 0 aromatic heterocycles. The van der Waals surface area contributed by atoms with Crippen LogP contribution >= 0.6 is 44.1 Å². The van der Waals surface area contributed by atoms with E-state index in [1.165, 1.54) is 0 Å². The third-order valence-corrected chi connectivity index (χ3v) is 4.81. The molecule has 1 aromatic carbocycles. The van der Waals surface area contributed by atoms with Gasteiger partial charge in [0, 0.05) is 10.5 Å². The first-order valence-electron chi connectivity index (χ1n) is 5.55. The Labute approximate surface area is 133 Å². The van der Waals surface area contributed by atoms with Gasteiger partial charge in [-0.2, -0.15) is 0 Å². The van der Waals surface area contributed by atoms with Crippen molar-refractivity contribution in [2.75, 3.05) is 12.4 Å². The Hall–Kier alpha value is -0.660. The summed E-state index contributed by atoms with van der Waals surface area (Å²) in [5.74, 6) is 0.476. The highest BCUT2D eigenvalue weighted by atomic mass is 79.9. The Morgan fingerprint density at radius 1 is 1.42 bits per heavy atom. The number of anilines is 1. The molecule has 0 unspecified atom stereocenters. The van der Waals surface area contributed by atoms with Crippen LogP contribution in [0.2, 0.25) is 0 Å². The normalized spacial score (nSPS) is 15.7. The zero-order valence-corrected chi connectivity index (χ0v) is 14.1. The average molecular weight is 408 g/mol. The van der Waals surface area contributed by atoms with Crippen LogP contribution in [0, 0.1) is 5.41 Å². The van der Waals surface area contributed by atoms with Crippen molar-refractivity contribution < 1.29 is 9.53 Å². The summed E-state index contributed by atoms with van der Waals surface area (Å²) >= 11 is 11.7.